The highest BCUT2D eigenvalue weighted by molar-refractivity contribution is 4.85. The van der Waals surface area contributed by atoms with Crippen LogP contribution in [0.15, 0.2) is 11.9 Å². The minimum absolute atomic E-state index is 0.177. The molecule has 0 saturated carbocycles. The van der Waals surface area contributed by atoms with E-state index in [4.69, 9.17) is 4.74 Å². The maximum atomic E-state index is 12.0. The van der Waals surface area contributed by atoms with E-state index in [-0.39, 0.29) is 5.83 Å². The van der Waals surface area contributed by atoms with E-state index in [0.717, 1.165) is 0 Å². The van der Waals surface area contributed by atoms with Gasteiger partial charge in [0.25, 0.3) is 0 Å². The summed E-state index contributed by atoms with van der Waals surface area (Å²) in [5, 5.41) is 0. The van der Waals surface area contributed by atoms with Gasteiger partial charge in [0.2, 0.25) is 0 Å². The molecular formula is C8H15FO. The fraction of sp³-hybridized carbons (Fsp3) is 0.750. The van der Waals surface area contributed by atoms with Crippen molar-refractivity contribution < 1.29 is 9.13 Å². The zero-order valence-corrected chi connectivity index (χ0v) is 6.86. The molecule has 0 amide bonds. The number of ether oxygens (including phenoxy) is 1. The van der Waals surface area contributed by atoms with Crippen molar-refractivity contribution in [2.45, 2.75) is 20.8 Å². The number of rotatable bonds is 4. The molecule has 0 spiro atoms. The topological polar surface area (TPSA) is 9.23 Å². The Bertz CT molecular complexity index is 104. The predicted octanol–water partition coefficient (Wildman–Crippen LogP) is 2.53. The van der Waals surface area contributed by atoms with Gasteiger partial charge in [-0.3, -0.25) is 0 Å². The van der Waals surface area contributed by atoms with Crippen molar-refractivity contribution in [2.75, 3.05) is 13.2 Å². The summed E-state index contributed by atoms with van der Waals surface area (Å²) >= 11 is 0. The lowest BCUT2D eigenvalue weighted by atomic mass is 10.2. The molecule has 0 saturated heterocycles. The van der Waals surface area contributed by atoms with Gasteiger partial charge in [-0.1, -0.05) is 13.8 Å². The van der Waals surface area contributed by atoms with Crippen molar-refractivity contribution in [3.63, 3.8) is 0 Å². The molecule has 0 aromatic rings. The van der Waals surface area contributed by atoms with Gasteiger partial charge in [-0.15, -0.1) is 0 Å². The molecule has 0 bridgehead atoms. The molecule has 0 aliphatic heterocycles. The summed E-state index contributed by atoms with van der Waals surface area (Å²) in [6.45, 7) is 6.63. The number of hydrogen-bond donors (Lipinski definition) is 0. The summed E-state index contributed by atoms with van der Waals surface area (Å²) in [6, 6.07) is 0. The number of hydrogen-bond acceptors (Lipinski definition) is 1. The van der Waals surface area contributed by atoms with E-state index in [0.29, 0.717) is 19.1 Å². The largest absolute Gasteiger partial charge is 0.377 e. The molecule has 1 nitrogen and oxygen atoms in total. The highest BCUT2D eigenvalue weighted by Crippen LogP contribution is 1.95. The molecule has 0 atom stereocenters. The van der Waals surface area contributed by atoms with Gasteiger partial charge in [0, 0.05) is 6.61 Å². The molecule has 0 unspecified atom stereocenters. The maximum absolute atomic E-state index is 12.0. The van der Waals surface area contributed by atoms with Crippen LogP contribution in [0, 0.1) is 5.92 Å². The van der Waals surface area contributed by atoms with E-state index in [1.807, 2.05) is 0 Å². The third kappa shape index (κ3) is 7.63. The predicted molar refractivity (Wildman–Crippen MR) is 40.5 cm³/mol. The Hall–Kier alpha value is -0.370. The lowest BCUT2D eigenvalue weighted by Gasteiger charge is -2.02. The smallest absolute Gasteiger partial charge is 0.0951 e. The minimum atomic E-state index is -0.177. The van der Waals surface area contributed by atoms with Crippen LogP contribution in [-0.2, 0) is 4.74 Å². The van der Waals surface area contributed by atoms with Crippen LogP contribution >= 0.6 is 0 Å². The van der Waals surface area contributed by atoms with Gasteiger partial charge in [-0.05, 0) is 18.9 Å². The quantitative estimate of drug-likeness (QED) is 0.554. The summed E-state index contributed by atoms with van der Waals surface area (Å²) in [7, 11) is 0. The summed E-state index contributed by atoms with van der Waals surface area (Å²) in [5.74, 6) is 0.345. The Kier molecular flexibility index (Phi) is 5.22. The molecule has 2 heteroatoms. The van der Waals surface area contributed by atoms with Crippen LogP contribution in [0.2, 0.25) is 0 Å². The Morgan fingerprint density at radius 2 is 2.20 bits per heavy atom. The molecule has 0 aromatic carbocycles. The van der Waals surface area contributed by atoms with Crippen LogP contribution in [-0.4, -0.2) is 13.2 Å². The molecular weight excluding hydrogens is 131 g/mol. The van der Waals surface area contributed by atoms with E-state index >= 15 is 0 Å². The summed E-state index contributed by atoms with van der Waals surface area (Å²) in [4.78, 5) is 0. The van der Waals surface area contributed by atoms with Gasteiger partial charge in [0.05, 0.1) is 12.4 Å². The summed E-state index contributed by atoms with van der Waals surface area (Å²) in [6.07, 6.45) is 1.43. The van der Waals surface area contributed by atoms with Gasteiger partial charge in [0.1, 0.15) is 0 Å². The van der Waals surface area contributed by atoms with Gasteiger partial charge in [0.15, 0.2) is 0 Å². The number of halogens is 1. The first-order valence-electron chi connectivity index (χ1n) is 3.53. The highest BCUT2D eigenvalue weighted by Gasteiger charge is 1.91. The second-order valence-corrected chi connectivity index (χ2v) is 2.72. The van der Waals surface area contributed by atoms with Crippen molar-refractivity contribution in [3.05, 3.63) is 11.9 Å². The Morgan fingerprint density at radius 3 is 2.60 bits per heavy atom. The van der Waals surface area contributed by atoms with Crippen molar-refractivity contribution in [1.29, 1.82) is 0 Å². The second-order valence-electron chi connectivity index (χ2n) is 2.72. The second kappa shape index (κ2) is 5.42. The standard InChI is InChI=1S/C8H15FO/c1-7(2)6-10-5-4-8(3)9/h4,7H,5-6H2,1-3H3/b8-4-. The fourth-order valence-corrected chi connectivity index (χ4v) is 0.477. The van der Waals surface area contributed by atoms with Gasteiger partial charge >= 0.3 is 0 Å². The van der Waals surface area contributed by atoms with Gasteiger partial charge < -0.3 is 4.74 Å². The monoisotopic (exact) mass is 146 g/mol. The zero-order chi connectivity index (χ0) is 7.98. The van der Waals surface area contributed by atoms with Crippen LogP contribution in [0.4, 0.5) is 4.39 Å². The number of allylic oxidation sites excluding steroid dienone is 1. The molecule has 0 rings (SSSR count). The van der Waals surface area contributed by atoms with Crippen molar-refractivity contribution in [2.24, 2.45) is 5.92 Å². The van der Waals surface area contributed by atoms with Crippen LogP contribution in [0.3, 0.4) is 0 Å². The Morgan fingerprint density at radius 1 is 1.60 bits per heavy atom. The molecule has 0 N–H and O–H groups in total. The normalized spacial score (nSPS) is 12.7. The Balaban J connectivity index is 3.13. The summed E-state index contributed by atoms with van der Waals surface area (Å²) < 4.78 is 17.1. The van der Waals surface area contributed by atoms with E-state index in [9.17, 15) is 4.39 Å². The molecule has 0 radical (unpaired) electrons. The lowest BCUT2D eigenvalue weighted by Crippen LogP contribution is -2.01. The first kappa shape index (κ1) is 9.63. The van der Waals surface area contributed by atoms with Crippen molar-refractivity contribution in [3.8, 4) is 0 Å². The van der Waals surface area contributed by atoms with E-state index in [2.05, 4.69) is 13.8 Å². The SMILES string of the molecule is C/C(F)=C/COCC(C)C. The molecule has 0 aromatic heterocycles. The van der Waals surface area contributed by atoms with Gasteiger partial charge in [-0.2, -0.15) is 0 Å². The fourth-order valence-electron chi connectivity index (χ4n) is 0.477. The van der Waals surface area contributed by atoms with Crippen LogP contribution in [0.25, 0.3) is 0 Å². The molecule has 0 aliphatic carbocycles. The van der Waals surface area contributed by atoms with Crippen molar-refractivity contribution >= 4 is 0 Å². The lowest BCUT2D eigenvalue weighted by molar-refractivity contribution is 0.134. The van der Waals surface area contributed by atoms with Gasteiger partial charge in [-0.25, -0.2) is 4.39 Å². The van der Waals surface area contributed by atoms with Crippen LogP contribution in [0.1, 0.15) is 20.8 Å². The van der Waals surface area contributed by atoms with E-state index < -0.39 is 0 Å². The third-order valence-corrected chi connectivity index (χ3v) is 0.934. The maximum Gasteiger partial charge on any atom is 0.0951 e. The average molecular weight is 146 g/mol. The molecule has 10 heavy (non-hydrogen) atoms. The molecule has 0 aliphatic rings. The summed E-state index contributed by atoms with van der Waals surface area (Å²) in [5.41, 5.74) is 0. The molecule has 0 fully saturated rings. The van der Waals surface area contributed by atoms with E-state index in [1.165, 1.54) is 13.0 Å². The molecule has 60 valence electrons. The highest BCUT2D eigenvalue weighted by atomic mass is 19.1. The van der Waals surface area contributed by atoms with Crippen LogP contribution in [0.5, 0.6) is 0 Å². The first-order chi connectivity index (χ1) is 4.63. The zero-order valence-electron chi connectivity index (χ0n) is 6.86. The Labute approximate surface area is 61.9 Å². The van der Waals surface area contributed by atoms with Crippen LogP contribution < -0.4 is 0 Å². The average Bonchev–Trinajstić information content (AvgIpc) is 1.79. The first-order valence-corrected chi connectivity index (χ1v) is 3.53. The van der Waals surface area contributed by atoms with E-state index in [1.54, 1.807) is 0 Å². The third-order valence-electron chi connectivity index (χ3n) is 0.934. The van der Waals surface area contributed by atoms with Crippen molar-refractivity contribution in [1.82, 2.24) is 0 Å². The molecule has 0 heterocycles. The minimum Gasteiger partial charge on any atom is -0.377 e.